The van der Waals surface area contributed by atoms with Crippen molar-refractivity contribution in [2.45, 2.75) is 25.2 Å². The number of nitrogens with one attached hydrogen (secondary N) is 2. The molecule has 2 N–H and O–H groups in total. The Morgan fingerprint density at radius 2 is 2.08 bits per heavy atom. The average molecular weight is 391 g/mol. The summed E-state index contributed by atoms with van der Waals surface area (Å²) in [5.74, 6) is -1.07. The smallest absolute Gasteiger partial charge is 0.404 e. The van der Waals surface area contributed by atoms with Crippen LogP contribution in [-0.2, 0) is 0 Å². The molecule has 0 bridgehead atoms. The summed E-state index contributed by atoms with van der Waals surface area (Å²) >= 11 is 0. The Hall–Kier alpha value is -2.26. The Labute approximate surface area is 154 Å². The number of aromatic nitrogens is 2. The molecule has 2 heterocycles. The lowest BCUT2D eigenvalue weighted by Gasteiger charge is -2.22. The van der Waals surface area contributed by atoms with Crippen molar-refractivity contribution >= 4 is 24.0 Å². The molecule has 6 nitrogen and oxygen atoms in total. The van der Waals surface area contributed by atoms with Gasteiger partial charge in [0.25, 0.3) is 5.91 Å². The molecule has 0 saturated carbocycles. The van der Waals surface area contributed by atoms with Gasteiger partial charge in [0.2, 0.25) is 0 Å². The van der Waals surface area contributed by atoms with Crippen molar-refractivity contribution in [3.8, 4) is 5.75 Å². The molecule has 1 aliphatic rings. The van der Waals surface area contributed by atoms with Gasteiger partial charge in [0.15, 0.2) is 11.4 Å². The second-order valence-electron chi connectivity index (χ2n) is 5.68. The summed E-state index contributed by atoms with van der Waals surface area (Å²) in [7, 11) is 0. The van der Waals surface area contributed by atoms with Gasteiger partial charge in [-0.2, -0.15) is 5.10 Å². The zero-order valence-electron chi connectivity index (χ0n) is 13.6. The minimum absolute atomic E-state index is 0. The van der Waals surface area contributed by atoms with Crippen LogP contribution in [0, 0.1) is 0 Å². The lowest BCUT2D eigenvalue weighted by molar-refractivity contribution is -0.274. The highest BCUT2D eigenvalue weighted by Crippen LogP contribution is 2.30. The molecule has 1 aromatic heterocycles. The number of para-hydroxylation sites is 2. The predicted octanol–water partition coefficient (Wildman–Crippen LogP) is 3.38. The van der Waals surface area contributed by atoms with Crippen molar-refractivity contribution in [1.29, 1.82) is 0 Å². The summed E-state index contributed by atoms with van der Waals surface area (Å²) in [4.78, 5) is 12.3. The average Bonchev–Trinajstić information content (AvgIpc) is 3.06. The van der Waals surface area contributed by atoms with E-state index in [0.717, 1.165) is 32.0 Å². The van der Waals surface area contributed by atoms with E-state index in [1.54, 1.807) is 10.9 Å². The maximum Gasteiger partial charge on any atom is 0.573 e. The molecule has 1 aromatic carbocycles. The molecule has 3 rings (SSSR count). The monoisotopic (exact) mass is 390 g/mol. The number of carbonyl (C=O) groups excluding carboxylic acids is 1. The Bertz CT molecular complexity index is 745. The van der Waals surface area contributed by atoms with Gasteiger partial charge < -0.3 is 15.4 Å². The van der Waals surface area contributed by atoms with Gasteiger partial charge in [-0.25, -0.2) is 0 Å². The van der Waals surface area contributed by atoms with Crippen molar-refractivity contribution < 1.29 is 22.7 Å². The van der Waals surface area contributed by atoms with E-state index < -0.39 is 18.0 Å². The third-order valence-electron chi connectivity index (χ3n) is 3.85. The van der Waals surface area contributed by atoms with Crippen LogP contribution in [0.5, 0.6) is 5.75 Å². The van der Waals surface area contributed by atoms with Crippen LogP contribution >= 0.6 is 12.4 Å². The number of benzene rings is 1. The summed E-state index contributed by atoms with van der Waals surface area (Å²) < 4.78 is 42.9. The van der Waals surface area contributed by atoms with E-state index >= 15 is 0 Å². The van der Waals surface area contributed by atoms with E-state index in [2.05, 4.69) is 20.5 Å². The van der Waals surface area contributed by atoms with E-state index in [-0.39, 0.29) is 29.8 Å². The van der Waals surface area contributed by atoms with E-state index in [0.29, 0.717) is 0 Å². The number of amides is 1. The number of nitrogens with zero attached hydrogens (tertiary/aromatic N) is 2. The van der Waals surface area contributed by atoms with Gasteiger partial charge in [-0.15, -0.1) is 25.6 Å². The first kappa shape index (κ1) is 20.1. The molecule has 2 aromatic rings. The molecule has 26 heavy (non-hydrogen) atoms. The summed E-state index contributed by atoms with van der Waals surface area (Å²) in [6.07, 6.45) is -1.16. The van der Waals surface area contributed by atoms with E-state index in [1.165, 1.54) is 24.3 Å². The minimum atomic E-state index is -4.84. The molecule has 1 saturated heterocycles. The molecular formula is C16H18ClF3N4O2. The van der Waals surface area contributed by atoms with Crippen molar-refractivity contribution in [2.24, 2.45) is 0 Å². The molecule has 0 aliphatic carbocycles. The van der Waals surface area contributed by atoms with Gasteiger partial charge in [-0.1, -0.05) is 12.1 Å². The number of halogens is 4. The van der Waals surface area contributed by atoms with Crippen LogP contribution in [0.2, 0.25) is 0 Å². The molecular weight excluding hydrogens is 373 g/mol. The number of ether oxygens (including phenoxy) is 1. The Morgan fingerprint density at radius 1 is 1.31 bits per heavy atom. The first-order valence-corrected chi connectivity index (χ1v) is 7.84. The van der Waals surface area contributed by atoms with Crippen LogP contribution in [0.4, 0.5) is 18.9 Å². The molecule has 1 aliphatic heterocycles. The van der Waals surface area contributed by atoms with E-state index in [4.69, 9.17) is 0 Å². The van der Waals surface area contributed by atoms with Crippen molar-refractivity contribution in [1.82, 2.24) is 15.1 Å². The fourth-order valence-corrected chi connectivity index (χ4v) is 2.69. The Balaban J connectivity index is 0.00000243. The normalized spacial score (nSPS) is 17.3. The summed E-state index contributed by atoms with van der Waals surface area (Å²) in [5, 5.41) is 9.90. The highest BCUT2D eigenvalue weighted by atomic mass is 35.5. The molecule has 1 unspecified atom stereocenters. The standard InChI is InChI=1S/C16H17F3N4O2.ClH/c17-16(18,19)25-14-6-2-1-5-12(14)21-15(24)13-7-9-23(22-13)11-4-3-8-20-10-11;/h1-2,5-7,9,11,20H,3-4,8,10H2,(H,21,24);1H. The summed E-state index contributed by atoms with van der Waals surface area (Å²) in [6.45, 7) is 1.73. The van der Waals surface area contributed by atoms with E-state index in [9.17, 15) is 18.0 Å². The fraction of sp³-hybridized carbons (Fsp3) is 0.375. The number of anilines is 1. The van der Waals surface area contributed by atoms with Gasteiger partial charge in [0, 0.05) is 12.7 Å². The van der Waals surface area contributed by atoms with Crippen molar-refractivity contribution in [2.75, 3.05) is 18.4 Å². The predicted molar refractivity (Wildman–Crippen MR) is 91.7 cm³/mol. The summed E-state index contributed by atoms with van der Waals surface area (Å²) in [5.41, 5.74) is 0.0612. The molecule has 10 heteroatoms. The Kier molecular flexibility index (Phi) is 6.49. The second kappa shape index (κ2) is 8.41. The van der Waals surface area contributed by atoms with Crippen LogP contribution < -0.4 is 15.4 Å². The number of rotatable bonds is 4. The maximum atomic E-state index is 12.4. The number of hydrogen-bond acceptors (Lipinski definition) is 4. The SMILES string of the molecule is Cl.O=C(Nc1ccccc1OC(F)(F)F)c1ccn(C2CCCNC2)n1. The van der Waals surface area contributed by atoms with Crippen molar-refractivity contribution in [3.05, 3.63) is 42.2 Å². The summed E-state index contributed by atoms with van der Waals surface area (Å²) in [6, 6.07) is 7.07. The number of hydrogen-bond donors (Lipinski definition) is 2. The third-order valence-corrected chi connectivity index (χ3v) is 3.85. The first-order chi connectivity index (χ1) is 11.9. The quantitative estimate of drug-likeness (QED) is 0.839. The molecule has 0 spiro atoms. The minimum Gasteiger partial charge on any atom is -0.404 e. The first-order valence-electron chi connectivity index (χ1n) is 7.84. The third kappa shape index (κ3) is 5.12. The van der Waals surface area contributed by atoms with Gasteiger partial charge >= 0.3 is 6.36 Å². The van der Waals surface area contributed by atoms with Crippen LogP contribution in [0.25, 0.3) is 0 Å². The number of carbonyl (C=O) groups is 1. The highest BCUT2D eigenvalue weighted by Gasteiger charge is 2.32. The van der Waals surface area contributed by atoms with Crippen LogP contribution in [-0.4, -0.2) is 35.1 Å². The molecule has 0 radical (unpaired) electrons. The lowest BCUT2D eigenvalue weighted by atomic mass is 10.1. The zero-order chi connectivity index (χ0) is 17.9. The van der Waals surface area contributed by atoms with Gasteiger partial charge in [0.05, 0.1) is 11.7 Å². The number of alkyl halides is 3. The highest BCUT2D eigenvalue weighted by molar-refractivity contribution is 6.03. The maximum absolute atomic E-state index is 12.4. The molecule has 1 fully saturated rings. The Morgan fingerprint density at radius 3 is 2.77 bits per heavy atom. The van der Waals surface area contributed by atoms with Crippen LogP contribution in [0.3, 0.4) is 0 Å². The fourth-order valence-electron chi connectivity index (χ4n) is 2.69. The van der Waals surface area contributed by atoms with Crippen LogP contribution in [0.1, 0.15) is 29.4 Å². The van der Waals surface area contributed by atoms with Crippen LogP contribution in [0.15, 0.2) is 36.5 Å². The lowest BCUT2D eigenvalue weighted by Crippen LogP contribution is -2.32. The molecule has 142 valence electrons. The molecule has 1 amide bonds. The van der Waals surface area contributed by atoms with Crippen molar-refractivity contribution in [3.63, 3.8) is 0 Å². The van der Waals surface area contributed by atoms with Gasteiger partial charge in [-0.3, -0.25) is 9.48 Å². The van der Waals surface area contributed by atoms with E-state index in [1.807, 2.05) is 0 Å². The second-order valence-corrected chi connectivity index (χ2v) is 5.68. The van der Waals surface area contributed by atoms with Gasteiger partial charge in [-0.05, 0) is 37.6 Å². The largest absolute Gasteiger partial charge is 0.573 e. The topological polar surface area (TPSA) is 68.2 Å². The molecule has 1 atom stereocenters. The van der Waals surface area contributed by atoms with Gasteiger partial charge in [0.1, 0.15) is 0 Å². The number of piperidine rings is 1. The zero-order valence-corrected chi connectivity index (χ0v) is 14.4.